The largest absolute Gasteiger partial charge is 0.481 e. The monoisotopic (exact) mass is 362 g/mol. The molecular weight excluding hydrogens is 332 g/mol. The van der Waals surface area contributed by atoms with E-state index in [2.05, 4.69) is 33.0 Å². The van der Waals surface area contributed by atoms with Crippen LogP contribution in [-0.2, 0) is 14.3 Å². The lowest BCUT2D eigenvalue weighted by atomic mass is 9.77. The molecule has 0 bridgehead atoms. The second-order valence-corrected chi connectivity index (χ2v) is 9.75. The number of rotatable bonds is 9. The van der Waals surface area contributed by atoms with Crippen LogP contribution in [0.5, 0.6) is 0 Å². The fraction of sp³-hybridized carbons (Fsp3) is 0.875. The molecule has 24 heavy (non-hydrogen) atoms. The smallest absolute Gasteiger partial charge is 0.305 e. The lowest BCUT2D eigenvalue weighted by Crippen LogP contribution is -2.58. The molecule has 8 heteroatoms. The van der Waals surface area contributed by atoms with E-state index in [-0.39, 0.29) is 22.0 Å². The van der Waals surface area contributed by atoms with Gasteiger partial charge in [0.25, 0.3) is 0 Å². The molecule has 0 saturated carbocycles. The summed E-state index contributed by atoms with van der Waals surface area (Å²) in [5.74, 6) is -1.45. The highest BCUT2D eigenvalue weighted by Gasteiger charge is 2.54. The Bertz CT molecular complexity index is 455. The van der Waals surface area contributed by atoms with Crippen molar-refractivity contribution in [2.45, 2.75) is 68.2 Å². The third-order valence-electron chi connectivity index (χ3n) is 4.55. The van der Waals surface area contributed by atoms with Gasteiger partial charge in [-0.2, -0.15) is 0 Å². The number of hydrogen-bond donors (Lipinski definition) is 4. The zero-order valence-electron chi connectivity index (χ0n) is 15.0. The summed E-state index contributed by atoms with van der Waals surface area (Å²) in [7, 11) is 1.48. The normalized spacial score (nSPS) is 23.0. The van der Waals surface area contributed by atoms with Gasteiger partial charge in [0.2, 0.25) is 5.91 Å². The molecular formula is C16H30N2O5S. The van der Waals surface area contributed by atoms with Crippen LogP contribution in [0.1, 0.15) is 40.5 Å². The first-order valence-corrected chi connectivity index (χ1v) is 8.87. The van der Waals surface area contributed by atoms with E-state index in [1.165, 1.54) is 7.11 Å². The van der Waals surface area contributed by atoms with Crippen LogP contribution in [0.2, 0.25) is 0 Å². The Labute approximate surface area is 147 Å². The van der Waals surface area contributed by atoms with Gasteiger partial charge >= 0.3 is 5.97 Å². The summed E-state index contributed by atoms with van der Waals surface area (Å²) in [6.07, 6.45) is -0.730. The van der Waals surface area contributed by atoms with Crippen LogP contribution in [0.25, 0.3) is 0 Å². The quantitative estimate of drug-likeness (QED) is 0.473. The topological polar surface area (TPSA) is 122 Å². The number of ether oxygens (including phenoxy) is 1. The van der Waals surface area contributed by atoms with Crippen LogP contribution in [0.4, 0.5) is 0 Å². The molecule has 3 atom stereocenters. The number of thioether (sulfide) groups is 1. The molecule has 0 aromatic rings. The van der Waals surface area contributed by atoms with Crippen molar-refractivity contribution in [1.29, 1.82) is 0 Å². The molecule has 2 unspecified atom stereocenters. The minimum absolute atomic E-state index is 0.0613. The van der Waals surface area contributed by atoms with E-state index >= 15 is 0 Å². The van der Waals surface area contributed by atoms with Crippen molar-refractivity contribution >= 4 is 23.6 Å². The summed E-state index contributed by atoms with van der Waals surface area (Å²) >= 11 is 1.87. The Kier molecular flexibility index (Phi) is 7.10. The molecule has 0 radical (unpaired) electrons. The highest BCUT2D eigenvalue weighted by atomic mass is 32.2. The Hall–Kier alpha value is -0.830. The molecule has 1 aliphatic rings. The number of nitrogens with two attached hydrogens (primary N) is 1. The van der Waals surface area contributed by atoms with E-state index in [0.29, 0.717) is 6.42 Å². The van der Waals surface area contributed by atoms with Gasteiger partial charge < -0.3 is 26.0 Å². The van der Waals surface area contributed by atoms with Crippen LogP contribution >= 0.6 is 11.8 Å². The third-order valence-corrected chi connectivity index (χ3v) is 6.17. The minimum Gasteiger partial charge on any atom is -0.481 e. The maximum atomic E-state index is 12.0. The number of carboxylic acid groups (broad SMARTS) is 1. The zero-order chi connectivity index (χ0) is 18.7. The summed E-state index contributed by atoms with van der Waals surface area (Å²) in [6, 6.07) is -1.78. The van der Waals surface area contributed by atoms with E-state index in [1.807, 2.05) is 11.8 Å². The molecule has 1 saturated heterocycles. The van der Waals surface area contributed by atoms with E-state index in [0.717, 1.165) is 0 Å². The van der Waals surface area contributed by atoms with Gasteiger partial charge in [-0.1, -0.05) is 27.7 Å². The number of methoxy groups -OCH3 is 1. The molecule has 140 valence electrons. The summed E-state index contributed by atoms with van der Waals surface area (Å²) in [5.41, 5.74) is 5.57. The molecule has 1 aliphatic heterocycles. The van der Waals surface area contributed by atoms with Crippen molar-refractivity contribution in [3.63, 3.8) is 0 Å². The second-order valence-electron chi connectivity index (χ2n) is 7.44. The summed E-state index contributed by atoms with van der Waals surface area (Å²) < 4.78 is 5.21. The van der Waals surface area contributed by atoms with Crippen LogP contribution < -0.4 is 11.1 Å². The molecule has 1 heterocycles. The van der Waals surface area contributed by atoms with Gasteiger partial charge in [0, 0.05) is 16.6 Å². The highest BCUT2D eigenvalue weighted by Crippen LogP contribution is 2.60. The van der Waals surface area contributed by atoms with Gasteiger partial charge in [-0.25, -0.2) is 0 Å². The maximum absolute atomic E-state index is 12.0. The second kappa shape index (κ2) is 8.03. The van der Waals surface area contributed by atoms with Crippen LogP contribution in [0.15, 0.2) is 0 Å². The van der Waals surface area contributed by atoms with Crippen LogP contribution in [0.3, 0.4) is 0 Å². The number of hydrogen-bond acceptors (Lipinski definition) is 6. The van der Waals surface area contributed by atoms with E-state index in [9.17, 15) is 14.7 Å². The standard InChI is InChI=1S/C16H30N2O5S/c1-15(2)12(16(3,4)24-15)7-11(19)10(8-23-5)18-14(22)9(17)6-13(20)21/h9-12,19H,6-8,17H2,1-5H3,(H,18,22)(H,20,21)/t9-,10?,11?/m0/s1. The number of amides is 1. The number of aliphatic hydroxyl groups is 1. The number of carbonyl (C=O) groups is 2. The fourth-order valence-corrected chi connectivity index (χ4v) is 5.81. The first-order chi connectivity index (χ1) is 10.9. The number of aliphatic hydroxyl groups excluding tert-OH is 1. The van der Waals surface area contributed by atoms with E-state index < -0.39 is 36.5 Å². The molecule has 1 fully saturated rings. The summed E-state index contributed by atoms with van der Waals surface area (Å²) in [4.78, 5) is 22.7. The SMILES string of the molecule is COCC(NC(=O)[C@@H](N)CC(=O)O)C(O)CC1C(C)(C)SC1(C)C. The maximum Gasteiger partial charge on any atom is 0.305 e. The van der Waals surface area contributed by atoms with Crippen molar-refractivity contribution in [2.24, 2.45) is 11.7 Å². The van der Waals surface area contributed by atoms with Crippen molar-refractivity contribution in [3.05, 3.63) is 0 Å². The fourth-order valence-electron chi connectivity index (χ4n) is 3.57. The first kappa shape index (κ1) is 21.2. The first-order valence-electron chi connectivity index (χ1n) is 8.05. The molecule has 0 aromatic heterocycles. The third kappa shape index (κ3) is 5.34. The average molecular weight is 362 g/mol. The van der Waals surface area contributed by atoms with Gasteiger partial charge in [-0.05, 0) is 12.3 Å². The minimum atomic E-state index is -1.15. The number of carboxylic acids is 1. The van der Waals surface area contributed by atoms with Crippen molar-refractivity contribution in [3.8, 4) is 0 Å². The molecule has 5 N–H and O–H groups in total. The van der Waals surface area contributed by atoms with E-state index in [4.69, 9.17) is 15.6 Å². The Morgan fingerprint density at radius 2 is 1.83 bits per heavy atom. The average Bonchev–Trinajstić information content (AvgIpc) is 2.41. The van der Waals surface area contributed by atoms with Gasteiger partial charge in [-0.3, -0.25) is 9.59 Å². The van der Waals surface area contributed by atoms with Crippen molar-refractivity contribution in [1.82, 2.24) is 5.32 Å². The summed E-state index contributed by atoms with van der Waals surface area (Å²) in [6.45, 7) is 8.72. The van der Waals surface area contributed by atoms with Gasteiger partial charge in [-0.15, -0.1) is 11.8 Å². The van der Waals surface area contributed by atoms with Crippen molar-refractivity contribution in [2.75, 3.05) is 13.7 Å². The molecule has 1 amide bonds. The van der Waals surface area contributed by atoms with Crippen molar-refractivity contribution < 1.29 is 24.5 Å². The lowest BCUT2D eigenvalue weighted by Gasteiger charge is -2.58. The highest BCUT2D eigenvalue weighted by molar-refractivity contribution is 8.03. The molecule has 0 aliphatic carbocycles. The lowest BCUT2D eigenvalue weighted by molar-refractivity contribution is -0.139. The van der Waals surface area contributed by atoms with Crippen LogP contribution in [0, 0.1) is 5.92 Å². The molecule has 1 rings (SSSR count). The zero-order valence-corrected chi connectivity index (χ0v) is 15.9. The number of aliphatic carboxylic acids is 1. The predicted octanol–water partition coefficient (Wildman–Crippen LogP) is 0.591. The summed E-state index contributed by atoms with van der Waals surface area (Å²) in [5, 5.41) is 21.9. The van der Waals surface area contributed by atoms with Gasteiger partial charge in [0.1, 0.15) is 0 Å². The Morgan fingerprint density at radius 3 is 2.25 bits per heavy atom. The predicted molar refractivity (Wildman–Crippen MR) is 93.9 cm³/mol. The molecule has 0 spiro atoms. The van der Waals surface area contributed by atoms with E-state index in [1.54, 1.807) is 0 Å². The Balaban J connectivity index is 2.70. The number of carbonyl (C=O) groups excluding carboxylic acids is 1. The number of nitrogens with one attached hydrogen (secondary N) is 1. The van der Waals surface area contributed by atoms with Crippen LogP contribution in [-0.4, -0.2) is 63.5 Å². The van der Waals surface area contributed by atoms with Gasteiger partial charge in [0.05, 0.1) is 31.2 Å². The Morgan fingerprint density at radius 1 is 1.29 bits per heavy atom. The molecule has 7 nitrogen and oxygen atoms in total. The molecule has 0 aromatic carbocycles. The van der Waals surface area contributed by atoms with Gasteiger partial charge in [0.15, 0.2) is 0 Å².